The molecular formula is C62H119NO5. The number of allylic oxidation sites excluding steroid dienone is 4. The number of hydrogen-bond acceptors (Lipinski definition) is 5. The van der Waals surface area contributed by atoms with Crippen LogP contribution in [0.25, 0.3) is 0 Å². The molecule has 0 aromatic rings. The number of ether oxygens (including phenoxy) is 1. The standard InChI is InChI=1S/C62H119NO5/c1-3-5-7-9-11-13-15-31-36-40-44-48-52-56-62(67)68-57-53-49-45-41-37-33-30-28-26-24-22-20-18-16-17-19-21-23-25-27-29-32-35-39-43-47-51-55-61(66)63-59(58-64)60(65)54-50-46-42-38-34-14-12-10-8-6-4-2/h16-17,20,22,59-60,64-65H,3-15,18-19,21,23-58H2,1-2H3,(H,63,66)/b17-16-,22-20-. The van der Waals surface area contributed by atoms with Gasteiger partial charge in [-0.15, -0.1) is 0 Å². The van der Waals surface area contributed by atoms with Crippen molar-refractivity contribution < 1.29 is 24.5 Å². The van der Waals surface area contributed by atoms with E-state index in [-0.39, 0.29) is 18.5 Å². The van der Waals surface area contributed by atoms with Gasteiger partial charge in [-0.1, -0.05) is 289 Å². The van der Waals surface area contributed by atoms with Crippen molar-refractivity contribution in [2.75, 3.05) is 13.2 Å². The quantitative estimate of drug-likeness (QED) is 0.0321. The minimum Gasteiger partial charge on any atom is -0.466 e. The van der Waals surface area contributed by atoms with Crippen molar-refractivity contribution >= 4 is 11.9 Å². The first-order valence-electron chi connectivity index (χ1n) is 30.6. The molecule has 2 atom stereocenters. The zero-order valence-electron chi connectivity index (χ0n) is 45.9. The Balaban J connectivity index is 3.40. The van der Waals surface area contributed by atoms with Gasteiger partial charge in [-0.25, -0.2) is 0 Å². The number of esters is 1. The molecule has 0 aliphatic heterocycles. The van der Waals surface area contributed by atoms with E-state index in [4.69, 9.17) is 4.74 Å². The molecule has 1 amide bonds. The van der Waals surface area contributed by atoms with Gasteiger partial charge in [-0.2, -0.15) is 0 Å². The summed E-state index contributed by atoms with van der Waals surface area (Å²) in [5, 5.41) is 23.2. The normalized spacial score (nSPS) is 12.7. The Kier molecular flexibility index (Phi) is 56.5. The van der Waals surface area contributed by atoms with Crippen LogP contribution >= 0.6 is 0 Å². The summed E-state index contributed by atoms with van der Waals surface area (Å²) in [5.74, 6) is -0.0259. The molecule has 0 spiro atoms. The average molecular weight is 959 g/mol. The van der Waals surface area contributed by atoms with Crippen LogP contribution in [0.4, 0.5) is 0 Å². The molecule has 0 fully saturated rings. The summed E-state index contributed by atoms with van der Waals surface area (Å²) in [7, 11) is 0. The molecule has 0 aromatic heterocycles. The van der Waals surface area contributed by atoms with Crippen LogP contribution < -0.4 is 5.32 Å². The van der Waals surface area contributed by atoms with E-state index in [9.17, 15) is 19.8 Å². The average Bonchev–Trinajstić information content (AvgIpc) is 3.34. The first kappa shape index (κ1) is 66.3. The van der Waals surface area contributed by atoms with Gasteiger partial charge in [0.05, 0.1) is 25.4 Å². The fourth-order valence-electron chi connectivity index (χ4n) is 9.55. The van der Waals surface area contributed by atoms with Crippen LogP contribution in [0.3, 0.4) is 0 Å². The number of carbonyl (C=O) groups excluding carboxylic acids is 2. The third-order valence-electron chi connectivity index (χ3n) is 14.3. The van der Waals surface area contributed by atoms with Gasteiger partial charge in [0.15, 0.2) is 0 Å². The van der Waals surface area contributed by atoms with E-state index in [0.29, 0.717) is 25.9 Å². The van der Waals surface area contributed by atoms with Gasteiger partial charge in [0.2, 0.25) is 5.91 Å². The summed E-state index contributed by atoms with van der Waals surface area (Å²) in [6.07, 6.45) is 70.5. The largest absolute Gasteiger partial charge is 0.466 e. The summed E-state index contributed by atoms with van der Waals surface area (Å²) >= 11 is 0. The second kappa shape index (κ2) is 57.9. The first-order chi connectivity index (χ1) is 33.5. The van der Waals surface area contributed by atoms with Crippen molar-refractivity contribution in [2.45, 2.75) is 347 Å². The van der Waals surface area contributed by atoms with Crippen molar-refractivity contribution in [3.63, 3.8) is 0 Å². The zero-order chi connectivity index (χ0) is 49.3. The Morgan fingerprint density at radius 2 is 0.735 bits per heavy atom. The Bertz CT molecular complexity index is 1060. The van der Waals surface area contributed by atoms with Gasteiger partial charge in [0.25, 0.3) is 0 Å². The van der Waals surface area contributed by atoms with E-state index in [0.717, 1.165) is 44.9 Å². The number of amides is 1. The van der Waals surface area contributed by atoms with Crippen molar-refractivity contribution in [1.82, 2.24) is 5.32 Å². The highest BCUT2D eigenvalue weighted by Gasteiger charge is 2.20. The van der Waals surface area contributed by atoms with Crippen LogP contribution in [0.5, 0.6) is 0 Å². The molecule has 0 aliphatic rings. The smallest absolute Gasteiger partial charge is 0.305 e. The van der Waals surface area contributed by atoms with Crippen molar-refractivity contribution in [2.24, 2.45) is 0 Å². The number of aliphatic hydroxyl groups excluding tert-OH is 2. The molecule has 0 aromatic carbocycles. The maximum Gasteiger partial charge on any atom is 0.305 e. The van der Waals surface area contributed by atoms with Crippen LogP contribution in [-0.4, -0.2) is 47.4 Å². The van der Waals surface area contributed by atoms with Gasteiger partial charge in [-0.05, 0) is 57.8 Å². The third-order valence-corrected chi connectivity index (χ3v) is 14.3. The highest BCUT2D eigenvalue weighted by Crippen LogP contribution is 2.17. The highest BCUT2D eigenvalue weighted by molar-refractivity contribution is 5.76. The van der Waals surface area contributed by atoms with E-state index < -0.39 is 12.1 Å². The van der Waals surface area contributed by atoms with E-state index >= 15 is 0 Å². The first-order valence-corrected chi connectivity index (χ1v) is 30.6. The maximum absolute atomic E-state index is 12.4. The zero-order valence-corrected chi connectivity index (χ0v) is 45.9. The summed E-state index contributed by atoms with van der Waals surface area (Å²) in [5.41, 5.74) is 0. The Morgan fingerprint density at radius 3 is 1.12 bits per heavy atom. The van der Waals surface area contributed by atoms with Crippen LogP contribution in [0, 0.1) is 0 Å². The molecule has 0 heterocycles. The fourth-order valence-corrected chi connectivity index (χ4v) is 9.55. The molecule has 0 rings (SSSR count). The lowest BCUT2D eigenvalue weighted by Crippen LogP contribution is -2.45. The minimum atomic E-state index is -0.664. The van der Waals surface area contributed by atoms with Gasteiger partial charge in [0, 0.05) is 12.8 Å². The van der Waals surface area contributed by atoms with E-state index in [1.807, 2.05) is 0 Å². The SMILES string of the molecule is CCCCCCCCCCCCCCCC(=O)OCCCCCCCCCCC/C=C\C/C=C\CCCCCCCCCCCCCC(=O)NC(CO)C(O)CCCCCCCCCCCCC. The molecule has 0 aliphatic carbocycles. The number of aliphatic hydroxyl groups is 2. The Hall–Kier alpha value is -1.66. The van der Waals surface area contributed by atoms with Gasteiger partial charge >= 0.3 is 5.97 Å². The molecular weight excluding hydrogens is 839 g/mol. The molecule has 0 saturated heterocycles. The van der Waals surface area contributed by atoms with E-state index in [2.05, 4.69) is 43.5 Å². The van der Waals surface area contributed by atoms with Crippen LogP contribution in [0.15, 0.2) is 24.3 Å². The second-order valence-corrected chi connectivity index (χ2v) is 21.0. The van der Waals surface area contributed by atoms with Gasteiger partial charge < -0.3 is 20.3 Å². The fraction of sp³-hybridized carbons (Fsp3) is 0.903. The summed E-state index contributed by atoms with van der Waals surface area (Å²) < 4.78 is 5.48. The molecule has 6 heteroatoms. The molecule has 6 nitrogen and oxygen atoms in total. The van der Waals surface area contributed by atoms with Crippen molar-refractivity contribution in [3.8, 4) is 0 Å². The van der Waals surface area contributed by atoms with Crippen molar-refractivity contribution in [3.05, 3.63) is 24.3 Å². The minimum absolute atomic E-state index is 0.0123. The van der Waals surface area contributed by atoms with Crippen LogP contribution in [-0.2, 0) is 14.3 Å². The lowest BCUT2D eigenvalue weighted by Gasteiger charge is -2.22. The van der Waals surface area contributed by atoms with Crippen molar-refractivity contribution in [1.29, 1.82) is 0 Å². The van der Waals surface area contributed by atoms with Crippen LogP contribution in [0.2, 0.25) is 0 Å². The Morgan fingerprint density at radius 1 is 0.412 bits per heavy atom. The topological polar surface area (TPSA) is 95.9 Å². The van der Waals surface area contributed by atoms with Gasteiger partial charge in [0.1, 0.15) is 0 Å². The molecule has 0 bridgehead atoms. The number of carbonyl (C=O) groups is 2. The molecule has 2 unspecified atom stereocenters. The van der Waals surface area contributed by atoms with E-state index in [1.165, 1.54) is 257 Å². The summed E-state index contributed by atoms with van der Waals surface area (Å²) in [6, 6.07) is -0.542. The number of hydrogen-bond donors (Lipinski definition) is 3. The predicted molar refractivity (Wildman–Crippen MR) is 296 cm³/mol. The lowest BCUT2D eigenvalue weighted by molar-refractivity contribution is -0.143. The molecule has 402 valence electrons. The predicted octanol–water partition coefficient (Wildman–Crippen LogP) is 19.0. The number of nitrogens with one attached hydrogen (secondary N) is 1. The maximum atomic E-state index is 12.4. The monoisotopic (exact) mass is 958 g/mol. The van der Waals surface area contributed by atoms with Crippen LogP contribution in [0.1, 0.15) is 335 Å². The third kappa shape index (κ3) is 53.7. The summed E-state index contributed by atoms with van der Waals surface area (Å²) in [6.45, 7) is 4.95. The van der Waals surface area contributed by atoms with E-state index in [1.54, 1.807) is 0 Å². The molecule has 0 saturated carbocycles. The molecule has 68 heavy (non-hydrogen) atoms. The molecule has 0 radical (unpaired) electrons. The molecule has 3 N–H and O–H groups in total. The number of unbranched alkanes of at least 4 members (excludes halogenated alkanes) is 42. The second-order valence-electron chi connectivity index (χ2n) is 21.0. The van der Waals surface area contributed by atoms with Gasteiger partial charge in [-0.3, -0.25) is 9.59 Å². The highest BCUT2D eigenvalue weighted by atomic mass is 16.5. The number of rotatable bonds is 57. The lowest BCUT2D eigenvalue weighted by atomic mass is 10.0. The Labute approximate surface area is 424 Å². The summed E-state index contributed by atoms with van der Waals surface area (Å²) in [4.78, 5) is 24.5.